The third-order valence-corrected chi connectivity index (χ3v) is 10.7. The van der Waals surface area contributed by atoms with Crippen LogP contribution in [0.3, 0.4) is 0 Å². The molecule has 4 unspecified atom stereocenters. The molecule has 2 aliphatic rings. The van der Waals surface area contributed by atoms with Gasteiger partial charge in [0.2, 0.25) is 0 Å². The molecule has 0 aromatic heterocycles. The standard InChI is InChI=1S/C47H60O11/c1-5-37-42(55-31-39(48)47(3,4)50)43(53-28-35-22-14-8-15-23-35)44(54-29-36-24-16-9-17-25-36)46(56-37)58-45-32(2)41(52-27-34-20-12-7-13-21-34)40(49)38(57-45)30-51-26-33-18-10-6-11-19-33/h6-25,32,37-46,48-50H,5,26-31H2,1-4H3/t32?,37?,38-,39+,40-,41?,42-,43+,44?,45-,46-/m1/s1. The first-order valence-electron chi connectivity index (χ1n) is 20.4. The predicted octanol–water partition coefficient (Wildman–Crippen LogP) is 6.35. The molecule has 11 atom stereocenters. The molecule has 2 heterocycles. The fourth-order valence-electron chi connectivity index (χ4n) is 7.19. The van der Waals surface area contributed by atoms with Crippen molar-refractivity contribution in [1.29, 1.82) is 0 Å². The fraction of sp³-hybridized carbons (Fsp3) is 0.489. The number of rotatable bonds is 20. The van der Waals surface area contributed by atoms with Crippen molar-refractivity contribution in [2.75, 3.05) is 13.2 Å². The minimum atomic E-state index is -1.40. The third-order valence-electron chi connectivity index (χ3n) is 10.7. The first-order chi connectivity index (χ1) is 28.1. The number of aliphatic hydroxyl groups excluding tert-OH is 2. The summed E-state index contributed by atoms with van der Waals surface area (Å²) in [5, 5.41) is 33.1. The van der Waals surface area contributed by atoms with Gasteiger partial charge in [0.05, 0.1) is 57.5 Å². The maximum atomic E-state index is 11.7. The summed E-state index contributed by atoms with van der Waals surface area (Å²) in [6.07, 6.45) is -7.94. The molecule has 314 valence electrons. The van der Waals surface area contributed by atoms with Crippen LogP contribution in [0.15, 0.2) is 121 Å². The van der Waals surface area contributed by atoms with Crippen molar-refractivity contribution in [1.82, 2.24) is 0 Å². The molecule has 58 heavy (non-hydrogen) atoms. The van der Waals surface area contributed by atoms with Gasteiger partial charge < -0.3 is 53.2 Å². The monoisotopic (exact) mass is 800 g/mol. The summed E-state index contributed by atoms with van der Waals surface area (Å²) in [6, 6.07) is 39.3. The van der Waals surface area contributed by atoms with Gasteiger partial charge in [-0.3, -0.25) is 0 Å². The van der Waals surface area contributed by atoms with Crippen molar-refractivity contribution in [2.24, 2.45) is 5.92 Å². The molecule has 0 aliphatic carbocycles. The minimum absolute atomic E-state index is 0.0904. The van der Waals surface area contributed by atoms with Crippen LogP contribution in [0.1, 0.15) is 56.4 Å². The van der Waals surface area contributed by atoms with Gasteiger partial charge in [0.15, 0.2) is 12.6 Å². The lowest BCUT2D eigenvalue weighted by Crippen LogP contribution is -2.63. The molecule has 4 aromatic rings. The molecule has 3 N–H and O–H groups in total. The third kappa shape index (κ3) is 12.2. The van der Waals surface area contributed by atoms with Gasteiger partial charge >= 0.3 is 0 Å². The van der Waals surface area contributed by atoms with Gasteiger partial charge in [-0.25, -0.2) is 0 Å². The van der Waals surface area contributed by atoms with E-state index in [2.05, 4.69) is 0 Å². The average molecular weight is 801 g/mol. The van der Waals surface area contributed by atoms with E-state index in [0.717, 1.165) is 22.3 Å². The molecule has 2 fully saturated rings. The highest BCUT2D eigenvalue weighted by atomic mass is 16.8. The van der Waals surface area contributed by atoms with Crippen LogP contribution in [0.2, 0.25) is 0 Å². The highest BCUT2D eigenvalue weighted by molar-refractivity contribution is 5.16. The summed E-state index contributed by atoms with van der Waals surface area (Å²) >= 11 is 0. The van der Waals surface area contributed by atoms with Crippen LogP contribution in [0, 0.1) is 5.92 Å². The van der Waals surface area contributed by atoms with Crippen molar-refractivity contribution < 1.29 is 53.2 Å². The summed E-state index contributed by atoms with van der Waals surface area (Å²) in [4.78, 5) is 0. The van der Waals surface area contributed by atoms with Crippen LogP contribution in [0.5, 0.6) is 0 Å². The van der Waals surface area contributed by atoms with Crippen molar-refractivity contribution in [3.63, 3.8) is 0 Å². The lowest BCUT2D eigenvalue weighted by Gasteiger charge is -2.49. The molecule has 11 nitrogen and oxygen atoms in total. The second kappa shape index (κ2) is 21.6. The number of ether oxygens (including phenoxy) is 8. The maximum absolute atomic E-state index is 11.7. The van der Waals surface area contributed by atoms with Gasteiger partial charge in [0, 0.05) is 5.92 Å². The number of hydrogen-bond donors (Lipinski definition) is 3. The fourth-order valence-corrected chi connectivity index (χ4v) is 7.19. The Hall–Kier alpha value is -3.56. The topological polar surface area (TPSA) is 135 Å². The molecule has 11 heteroatoms. The Labute approximate surface area is 342 Å². The number of hydrogen-bond acceptors (Lipinski definition) is 11. The molecule has 0 radical (unpaired) electrons. The molecule has 0 spiro atoms. The normalized spacial score (nSPS) is 28.3. The molecule has 0 amide bonds. The second-order valence-corrected chi connectivity index (χ2v) is 15.7. The number of benzene rings is 4. The van der Waals surface area contributed by atoms with Crippen LogP contribution in [0.4, 0.5) is 0 Å². The van der Waals surface area contributed by atoms with Crippen molar-refractivity contribution >= 4 is 0 Å². The SMILES string of the molecule is CCC1O[C@H](O[C@H]2O[C@H](COCc3ccccc3)[C@@H](O)C(OCc3ccccc3)C2C)C(OCc2ccccc2)[C@@H](OCc2ccccc2)[C@@H]1OC[C@H](O)C(C)(C)O. The molecular formula is C47H60O11. The van der Waals surface area contributed by atoms with E-state index in [0.29, 0.717) is 13.0 Å². The van der Waals surface area contributed by atoms with Gasteiger partial charge in [0.25, 0.3) is 0 Å². The lowest BCUT2D eigenvalue weighted by molar-refractivity contribution is -0.381. The van der Waals surface area contributed by atoms with Gasteiger partial charge in [-0.15, -0.1) is 0 Å². The molecule has 2 aliphatic heterocycles. The van der Waals surface area contributed by atoms with Gasteiger partial charge in [-0.1, -0.05) is 135 Å². The van der Waals surface area contributed by atoms with Crippen LogP contribution in [-0.2, 0) is 64.3 Å². The molecule has 0 bridgehead atoms. The predicted molar refractivity (Wildman–Crippen MR) is 217 cm³/mol. The Balaban J connectivity index is 1.29. The zero-order chi connectivity index (χ0) is 40.9. The Kier molecular flexibility index (Phi) is 16.4. The van der Waals surface area contributed by atoms with E-state index in [9.17, 15) is 15.3 Å². The molecule has 4 aromatic carbocycles. The largest absolute Gasteiger partial charge is 0.388 e. The Morgan fingerprint density at radius 3 is 1.52 bits per heavy atom. The van der Waals surface area contributed by atoms with E-state index in [1.807, 2.05) is 135 Å². The highest BCUT2D eigenvalue weighted by Gasteiger charge is 2.52. The summed E-state index contributed by atoms with van der Waals surface area (Å²) in [5.74, 6) is -0.456. The summed E-state index contributed by atoms with van der Waals surface area (Å²) in [5.41, 5.74) is 2.46. The maximum Gasteiger partial charge on any atom is 0.189 e. The van der Waals surface area contributed by atoms with E-state index >= 15 is 0 Å². The van der Waals surface area contributed by atoms with Crippen LogP contribution in [0.25, 0.3) is 0 Å². The first kappa shape index (κ1) is 44.0. The van der Waals surface area contributed by atoms with Crippen LogP contribution < -0.4 is 0 Å². The van der Waals surface area contributed by atoms with Crippen molar-refractivity contribution in [3.8, 4) is 0 Å². The van der Waals surface area contributed by atoms with E-state index in [1.165, 1.54) is 13.8 Å². The Morgan fingerprint density at radius 1 is 0.586 bits per heavy atom. The zero-order valence-electron chi connectivity index (χ0n) is 34.0. The molecule has 6 rings (SSSR count). The Morgan fingerprint density at radius 2 is 1.03 bits per heavy atom. The van der Waals surface area contributed by atoms with Gasteiger partial charge in [-0.2, -0.15) is 0 Å². The summed E-state index contributed by atoms with van der Waals surface area (Å²) in [7, 11) is 0. The summed E-state index contributed by atoms with van der Waals surface area (Å²) < 4.78 is 52.7. The van der Waals surface area contributed by atoms with E-state index < -0.39 is 72.9 Å². The first-order valence-corrected chi connectivity index (χ1v) is 20.4. The smallest absolute Gasteiger partial charge is 0.189 e. The molecule has 2 saturated heterocycles. The summed E-state index contributed by atoms with van der Waals surface area (Å²) in [6.45, 7) is 7.99. The highest BCUT2D eigenvalue weighted by Crippen LogP contribution is 2.37. The second-order valence-electron chi connectivity index (χ2n) is 15.7. The minimum Gasteiger partial charge on any atom is -0.388 e. The number of aliphatic hydroxyl groups is 3. The van der Waals surface area contributed by atoms with E-state index in [4.69, 9.17) is 37.9 Å². The molecule has 0 saturated carbocycles. The van der Waals surface area contributed by atoms with Crippen molar-refractivity contribution in [2.45, 2.75) is 128 Å². The lowest BCUT2D eigenvalue weighted by atomic mass is 9.91. The van der Waals surface area contributed by atoms with Gasteiger partial charge in [0.1, 0.15) is 36.6 Å². The van der Waals surface area contributed by atoms with E-state index in [-0.39, 0.29) is 33.0 Å². The van der Waals surface area contributed by atoms with Crippen molar-refractivity contribution in [3.05, 3.63) is 144 Å². The van der Waals surface area contributed by atoms with Crippen LogP contribution in [-0.4, -0.2) is 95.5 Å². The zero-order valence-corrected chi connectivity index (χ0v) is 34.0. The molecular weight excluding hydrogens is 741 g/mol. The quantitative estimate of drug-likeness (QED) is 0.0924. The van der Waals surface area contributed by atoms with E-state index in [1.54, 1.807) is 0 Å². The average Bonchev–Trinajstić information content (AvgIpc) is 3.24. The van der Waals surface area contributed by atoms with Gasteiger partial charge in [-0.05, 0) is 42.5 Å². The van der Waals surface area contributed by atoms with Crippen LogP contribution >= 0.6 is 0 Å². The Bertz CT molecular complexity index is 1730.